The van der Waals surface area contributed by atoms with Gasteiger partial charge in [0.2, 0.25) is 0 Å². The molecule has 1 aromatic heterocycles. The van der Waals surface area contributed by atoms with Gasteiger partial charge in [-0.25, -0.2) is 0 Å². The van der Waals surface area contributed by atoms with E-state index in [2.05, 4.69) is 4.90 Å². The Morgan fingerprint density at radius 3 is 2.64 bits per heavy atom. The molecule has 1 aromatic rings. The molecule has 3 rings (SSSR count). The predicted molar refractivity (Wildman–Crippen MR) is 94.1 cm³/mol. The maximum absolute atomic E-state index is 13.1. The van der Waals surface area contributed by atoms with E-state index in [4.69, 9.17) is 9.15 Å². The lowest BCUT2D eigenvalue weighted by Crippen LogP contribution is -2.41. The van der Waals surface area contributed by atoms with Crippen LogP contribution in [-0.4, -0.2) is 67.9 Å². The Morgan fingerprint density at radius 2 is 2.00 bits per heavy atom. The van der Waals surface area contributed by atoms with Crippen molar-refractivity contribution in [1.29, 1.82) is 0 Å². The molecule has 1 amide bonds. The van der Waals surface area contributed by atoms with E-state index in [1.807, 2.05) is 25.9 Å². The van der Waals surface area contributed by atoms with Gasteiger partial charge in [0.1, 0.15) is 5.76 Å². The van der Waals surface area contributed by atoms with Gasteiger partial charge in [-0.05, 0) is 40.3 Å². The zero-order valence-corrected chi connectivity index (χ0v) is 15.5. The second kappa shape index (κ2) is 7.70. The summed E-state index contributed by atoms with van der Waals surface area (Å²) in [6, 6.07) is 0. The van der Waals surface area contributed by atoms with Crippen molar-refractivity contribution in [3.63, 3.8) is 0 Å². The zero-order valence-electron chi connectivity index (χ0n) is 15.5. The molecular formula is C19H28N2O4. The molecule has 1 atom stereocenters. The second-order valence-corrected chi connectivity index (χ2v) is 7.32. The van der Waals surface area contributed by atoms with Crippen LogP contribution in [0.1, 0.15) is 57.9 Å². The van der Waals surface area contributed by atoms with Crippen LogP contribution in [0.4, 0.5) is 0 Å². The van der Waals surface area contributed by atoms with Crippen LogP contribution in [0.15, 0.2) is 4.42 Å². The summed E-state index contributed by atoms with van der Waals surface area (Å²) in [4.78, 5) is 29.2. The van der Waals surface area contributed by atoms with Crippen molar-refractivity contribution in [2.45, 2.75) is 45.1 Å². The highest BCUT2D eigenvalue weighted by Crippen LogP contribution is 2.30. The number of nitrogens with zero attached hydrogens (tertiary/aromatic N) is 2. The number of carbonyl (C=O) groups is 2. The van der Waals surface area contributed by atoms with Crippen molar-refractivity contribution in [2.75, 3.05) is 40.3 Å². The summed E-state index contributed by atoms with van der Waals surface area (Å²) in [7, 11) is 3.98. The predicted octanol–water partition coefficient (Wildman–Crippen LogP) is 2.29. The summed E-state index contributed by atoms with van der Waals surface area (Å²) in [5.41, 5.74) is 1.34. The van der Waals surface area contributed by atoms with E-state index in [1.54, 1.807) is 0 Å². The molecule has 6 heteroatoms. The van der Waals surface area contributed by atoms with Gasteiger partial charge in [-0.2, -0.15) is 0 Å². The summed E-state index contributed by atoms with van der Waals surface area (Å²) in [5.74, 6) is 0.983. The molecule has 0 aromatic carbocycles. The smallest absolute Gasteiger partial charge is 0.290 e. The van der Waals surface area contributed by atoms with E-state index in [0.717, 1.165) is 38.8 Å². The van der Waals surface area contributed by atoms with E-state index in [0.29, 0.717) is 42.2 Å². The Kier molecular flexibility index (Phi) is 5.59. The third kappa shape index (κ3) is 3.96. The van der Waals surface area contributed by atoms with Gasteiger partial charge in [0.05, 0.1) is 11.7 Å². The average molecular weight is 348 g/mol. The van der Waals surface area contributed by atoms with Gasteiger partial charge in [0.25, 0.3) is 5.91 Å². The molecule has 1 saturated heterocycles. The number of furan rings is 1. The Bertz CT molecular complexity index is 644. The molecule has 2 heterocycles. The monoisotopic (exact) mass is 348 g/mol. The van der Waals surface area contributed by atoms with Crippen LogP contribution >= 0.6 is 0 Å². The molecular weight excluding hydrogens is 320 g/mol. The van der Waals surface area contributed by atoms with Crippen LogP contribution in [0.2, 0.25) is 0 Å². The second-order valence-electron chi connectivity index (χ2n) is 7.32. The quantitative estimate of drug-likeness (QED) is 0.789. The minimum absolute atomic E-state index is 0.0950. The standard InChI is InChI=1S/C19H28N2O4/c1-13-17-15(22)7-4-8-16(17)25-18(13)19(23)21(10-9-20(2)3)12-14-6-5-11-24-14/h14H,4-12H2,1-3H3/t14-/m0/s1. The van der Waals surface area contributed by atoms with Crippen molar-refractivity contribution in [3.8, 4) is 0 Å². The Morgan fingerprint density at radius 1 is 1.20 bits per heavy atom. The number of hydrogen-bond donors (Lipinski definition) is 0. The first kappa shape index (κ1) is 18.1. The number of ether oxygens (including phenoxy) is 1. The van der Waals surface area contributed by atoms with Gasteiger partial charge in [-0.1, -0.05) is 0 Å². The molecule has 1 aliphatic carbocycles. The van der Waals surface area contributed by atoms with E-state index in [9.17, 15) is 9.59 Å². The number of ketones is 1. The molecule has 1 aliphatic heterocycles. The van der Waals surface area contributed by atoms with Crippen molar-refractivity contribution in [1.82, 2.24) is 9.80 Å². The SMILES string of the molecule is Cc1c(C(=O)N(CCN(C)C)C[C@@H]2CCCO2)oc2c1C(=O)CCC2. The van der Waals surface area contributed by atoms with Gasteiger partial charge >= 0.3 is 0 Å². The van der Waals surface area contributed by atoms with Crippen molar-refractivity contribution >= 4 is 11.7 Å². The highest BCUT2D eigenvalue weighted by atomic mass is 16.5. The summed E-state index contributed by atoms with van der Waals surface area (Å²) < 4.78 is 11.6. The molecule has 6 nitrogen and oxygen atoms in total. The van der Waals surface area contributed by atoms with E-state index in [1.165, 1.54) is 0 Å². The molecule has 2 aliphatic rings. The average Bonchev–Trinajstić information content (AvgIpc) is 3.19. The van der Waals surface area contributed by atoms with Crippen LogP contribution in [0.25, 0.3) is 0 Å². The maximum Gasteiger partial charge on any atom is 0.290 e. The fourth-order valence-corrected chi connectivity index (χ4v) is 3.63. The lowest BCUT2D eigenvalue weighted by Gasteiger charge is -2.26. The summed E-state index contributed by atoms with van der Waals surface area (Å²) in [6.45, 7) is 4.56. The summed E-state index contributed by atoms with van der Waals surface area (Å²) in [5, 5.41) is 0. The molecule has 0 unspecified atom stereocenters. The number of aryl methyl sites for hydroxylation is 1. The molecule has 0 spiro atoms. The van der Waals surface area contributed by atoms with Crippen molar-refractivity contribution < 1.29 is 18.7 Å². The Labute approximate surface area is 149 Å². The van der Waals surface area contributed by atoms with Gasteiger partial charge < -0.3 is 19.0 Å². The van der Waals surface area contributed by atoms with E-state index in [-0.39, 0.29) is 17.8 Å². The van der Waals surface area contributed by atoms with E-state index >= 15 is 0 Å². The Hall–Kier alpha value is -1.66. The maximum atomic E-state index is 13.1. The lowest BCUT2D eigenvalue weighted by molar-refractivity contribution is 0.0487. The fourth-order valence-electron chi connectivity index (χ4n) is 3.63. The molecule has 25 heavy (non-hydrogen) atoms. The Balaban J connectivity index is 1.82. The molecule has 1 fully saturated rings. The van der Waals surface area contributed by atoms with Crippen LogP contribution in [0.3, 0.4) is 0 Å². The summed E-state index contributed by atoms with van der Waals surface area (Å²) >= 11 is 0. The number of hydrogen-bond acceptors (Lipinski definition) is 5. The first-order valence-corrected chi connectivity index (χ1v) is 9.18. The first-order chi connectivity index (χ1) is 12.0. The normalized spacial score (nSPS) is 20.2. The van der Waals surface area contributed by atoms with Gasteiger partial charge in [0, 0.05) is 44.6 Å². The van der Waals surface area contributed by atoms with Gasteiger partial charge in [-0.3, -0.25) is 9.59 Å². The van der Waals surface area contributed by atoms with Crippen molar-refractivity contribution in [2.24, 2.45) is 0 Å². The number of fused-ring (bicyclic) bond motifs is 1. The lowest BCUT2D eigenvalue weighted by atomic mass is 9.94. The first-order valence-electron chi connectivity index (χ1n) is 9.18. The van der Waals surface area contributed by atoms with Crippen molar-refractivity contribution in [3.05, 3.63) is 22.6 Å². The minimum Gasteiger partial charge on any atom is -0.455 e. The molecule has 0 radical (unpaired) electrons. The third-order valence-corrected chi connectivity index (χ3v) is 5.05. The molecule has 0 saturated carbocycles. The number of amides is 1. The number of Topliss-reactive ketones (excluding diaryl/α,β-unsaturated/α-hetero) is 1. The largest absolute Gasteiger partial charge is 0.455 e. The topological polar surface area (TPSA) is 63.0 Å². The number of rotatable bonds is 6. The van der Waals surface area contributed by atoms with Crippen LogP contribution in [-0.2, 0) is 11.2 Å². The number of likely N-dealkylation sites (N-methyl/N-ethyl adjacent to an activating group) is 1. The summed E-state index contributed by atoms with van der Waals surface area (Å²) in [6.07, 6.45) is 4.20. The van der Waals surface area contributed by atoms with Crippen LogP contribution < -0.4 is 0 Å². The van der Waals surface area contributed by atoms with Gasteiger partial charge in [0.15, 0.2) is 11.5 Å². The van der Waals surface area contributed by atoms with Crippen LogP contribution in [0, 0.1) is 6.92 Å². The van der Waals surface area contributed by atoms with Gasteiger partial charge in [-0.15, -0.1) is 0 Å². The third-order valence-electron chi connectivity index (χ3n) is 5.05. The fraction of sp³-hybridized carbons (Fsp3) is 0.684. The molecule has 138 valence electrons. The minimum atomic E-state index is -0.128. The molecule has 0 N–H and O–H groups in total. The zero-order chi connectivity index (χ0) is 18.0. The highest BCUT2D eigenvalue weighted by molar-refractivity contribution is 6.03. The number of carbonyl (C=O) groups excluding carboxylic acids is 2. The van der Waals surface area contributed by atoms with Crippen LogP contribution in [0.5, 0.6) is 0 Å². The highest BCUT2D eigenvalue weighted by Gasteiger charge is 2.32. The van der Waals surface area contributed by atoms with E-state index < -0.39 is 0 Å². The molecule has 0 bridgehead atoms.